The van der Waals surface area contributed by atoms with Gasteiger partial charge in [-0.2, -0.15) is 0 Å². The summed E-state index contributed by atoms with van der Waals surface area (Å²) in [6, 6.07) is 16.0. The van der Waals surface area contributed by atoms with Crippen LogP contribution >= 0.6 is 11.6 Å². The highest BCUT2D eigenvalue weighted by Crippen LogP contribution is 2.16. The molecule has 0 amide bonds. The van der Waals surface area contributed by atoms with Gasteiger partial charge in [-0.15, -0.1) is 0 Å². The highest BCUT2D eigenvalue weighted by molar-refractivity contribution is 6.30. The van der Waals surface area contributed by atoms with Crippen LogP contribution in [0, 0.1) is 0 Å². The van der Waals surface area contributed by atoms with E-state index in [1.807, 2.05) is 36.4 Å². The first kappa shape index (κ1) is 11.0. The minimum absolute atomic E-state index is 0.776. The van der Waals surface area contributed by atoms with Gasteiger partial charge in [0.15, 0.2) is 0 Å². The topological polar surface area (TPSA) is 9.23 Å². The largest absolute Gasteiger partial charge is 0.497 e. The lowest BCUT2D eigenvalue weighted by molar-refractivity contribution is 0.414. The molecule has 0 aliphatic carbocycles. The Labute approximate surface area is 101 Å². The van der Waals surface area contributed by atoms with Crippen LogP contribution in [0.1, 0.15) is 11.1 Å². The molecule has 2 aromatic carbocycles. The minimum atomic E-state index is 0.776. The van der Waals surface area contributed by atoms with Crippen molar-refractivity contribution in [2.24, 2.45) is 0 Å². The zero-order valence-electron chi connectivity index (χ0n) is 9.11. The van der Waals surface area contributed by atoms with E-state index in [-0.39, 0.29) is 0 Å². The zero-order chi connectivity index (χ0) is 11.4. The Hall–Kier alpha value is -1.47. The third-order valence-electron chi connectivity index (χ3n) is 2.48. The minimum Gasteiger partial charge on any atom is -0.497 e. The second-order valence-electron chi connectivity index (χ2n) is 3.65. The molecular formula is C14H13ClO. The van der Waals surface area contributed by atoms with Gasteiger partial charge < -0.3 is 4.74 Å². The number of hydrogen-bond donors (Lipinski definition) is 0. The molecule has 0 aromatic heterocycles. The molecule has 0 N–H and O–H groups in total. The lowest BCUT2D eigenvalue weighted by atomic mass is 10.1. The van der Waals surface area contributed by atoms with Gasteiger partial charge >= 0.3 is 0 Å². The molecule has 2 heteroatoms. The van der Waals surface area contributed by atoms with Crippen molar-refractivity contribution in [3.8, 4) is 5.75 Å². The van der Waals surface area contributed by atoms with Gasteiger partial charge in [0.2, 0.25) is 0 Å². The first-order valence-electron chi connectivity index (χ1n) is 5.15. The molecule has 1 nitrogen and oxygen atoms in total. The maximum atomic E-state index is 5.84. The molecule has 0 bridgehead atoms. The maximum Gasteiger partial charge on any atom is 0.118 e. The van der Waals surface area contributed by atoms with Gasteiger partial charge in [0.05, 0.1) is 7.11 Å². The average molecular weight is 233 g/mol. The van der Waals surface area contributed by atoms with Crippen LogP contribution in [0.3, 0.4) is 0 Å². The number of methoxy groups -OCH3 is 1. The fraction of sp³-hybridized carbons (Fsp3) is 0.143. The van der Waals surface area contributed by atoms with E-state index in [9.17, 15) is 0 Å². The second-order valence-corrected chi connectivity index (χ2v) is 4.09. The van der Waals surface area contributed by atoms with Gasteiger partial charge in [-0.1, -0.05) is 35.9 Å². The van der Waals surface area contributed by atoms with Crippen molar-refractivity contribution in [1.29, 1.82) is 0 Å². The maximum absolute atomic E-state index is 5.84. The van der Waals surface area contributed by atoms with Crippen molar-refractivity contribution < 1.29 is 4.74 Å². The van der Waals surface area contributed by atoms with Gasteiger partial charge in [0.25, 0.3) is 0 Å². The van der Waals surface area contributed by atoms with Gasteiger partial charge in [0, 0.05) is 5.02 Å². The molecule has 0 unspecified atom stereocenters. The molecule has 0 aliphatic rings. The Morgan fingerprint density at radius 3 is 1.88 bits per heavy atom. The standard InChI is InChI=1S/C14H13ClO/c1-16-14-8-4-12(5-9-14)10-11-2-6-13(15)7-3-11/h2-9H,10H2,1H3. The van der Waals surface area contributed by atoms with Crippen molar-refractivity contribution in [2.45, 2.75) is 6.42 Å². The second kappa shape index (κ2) is 5.04. The van der Waals surface area contributed by atoms with E-state index in [0.29, 0.717) is 0 Å². The van der Waals surface area contributed by atoms with Crippen LogP contribution in [0.15, 0.2) is 48.5 Å². The van der Waals surface area contributed by atoms with E-state index in [4.69, 9.17) is 16.3 Å². The number of ether oxygens (including phenoxy) is 1. The predicted octanol–water partition coefficient (Wildman–Crippen LogP) is 3.94. The number of hydrogen-bond acceptors (Lipinski definition) is 1. The van der Waals surface area contributed by atoms with Crippen LogP contribution < -0.4 is 4.74 Å². The van der Waals surface area contributed by atoms with Crippen LogP contribution in [0.2, 0.25) is 5.02 Å². The zero-order valence-corrected chi connectivity index (χ0v) is 9.87. The molecule has 82 valence electrons. The Bertz CT molecular complexity index is 445. The van der Waals surface area contributed by atoms with Crippen LogP contribution in [0.4, 0.5) is 0 Å². The smallest absolute Gasteiger partial charge is 0.118 e. The normalized spacial score (nSPS) is 10.1. The molecule has 0 saturated carbocycles. The molecular weight excluding hydrogens is 220 g/mol. The molecule has 0 heterocycles. The third-order valence-corrected chi connectivity index (χ3v) is 2.73. The number of benzene rings is 2. The Kier molecular flexibility index (Phi) is 3.47. The summed E-state index contributed by atoms with van der Waals surface area (Å²) in [6.07, 6.45) is 0.918. The molecule has 0 radical (unpaired) electrons. The van der Waals surface area contributed by atoms with Gasteiger partial charge in [-0.3, -0.25) is 0 Å². The van der Waals surface area contributed by atoms with Crippen molar-refractivity contribution >= 4 is 11.6 Å². The molecule has 16 heavy (non-hydrogen) atoms. The third kappa shape index (κ3) is 2.77. The quantitative estimate of drug-likeness (QED) is 0.779. The summed E-state index contributed by atoms with van der Waals surface area (Å²) in [5, 5.41) is 0.776. The van der Waals surface area contributed by atoms with E-state index in [2.05, 4.69) is 12.1 Å². The summed E-state index contributed by atoms with van der Waals surface area (Å²) in [7, 11) is 1.67. The summed E-state index contributed by atoms with van der Waals surface area (Å²) in [4.78, 5) is 0. The monoisotopic (exact) mass is 232 g/mol. The van der Waals surface area contributed by atoms with Crippen LogP contribution in [0.5, 0.6) is 5.75 Å². The summed E-state index contributed by atoms with van der Waals surface area (Å²) in [5.41, 5.74) is 2.53. The molecule has 0 aliphatic heterocycles. The number of rotatable bonds is 3. The first-order valence-corrected chi connectivity index (χ1v) is 5.53. The molecule has 0 atom stereocenters. The van der Waals surface area contributed by atoms with Crippen molar-refractivity contribution in [1.82, 2.24) is 0 Å². The lowest BCUT2D eigenvalue weighted by Crippen LogP contribution is -1.88. The average Bonchev–Trinajstić information content (AvgIpc) is 2.33. The van der Waals surface area contributed by atoms with Crippen molar-refractivity contribution in [3.63, 3.8) is 0 Å². The van der Waals surface area contributed by atoms with Crippen LogP contribution in [-0.4, -0.2) is 7.11 Å². The Balaban J connectivity index is 2.11. The Morgan fingerprint density at radius 2 is 1.38 bits per heavy atom. The van der Waals surface area contributed by atoms with Crippen molar-refractivity contribution in [3.05, 3.63) is 64.7 Å². The fourth-order valence-electron chi connectivity index (χ4n) is 1.58. The van der Waals surface area contributed by atoms with Crippen LogP contribution in [-0.2, 0) is 6.42 Å². The highest BCUT2D eigenvalue weighted by Gasteiger charge is 1.97. The summed E-state index contributed by atoms with van der Waals surface area (Å²) >= 11 is 5.84. The lowest BCUT2D eigenvalue weighted by Gasteiger charge is -2.04. The SMILES string of the molecule is COc1ccc(Cc2ccc(Cl)cc2)cc1. The fourth-order valence-corrected chi connectivity index (χ4v) is 1.71. The van der Waals surface area contributed by atoms with Crippen LogP contribution in [0.25, 0.3) is 0 Å². The highest BCUT2D eigenvalue weighted by atomic mass is 35.5. The summed E-state index contributed by atoms with van der Waals surface area (Å²) < 4.78 is 5.12. The molecule has 2 aromatic rings. The summed E-state index contributed by atoms with van der Waals surface area (Å²) in [5.74, 6) is 0.889. The predicted molar refractivity (Wildman–Crippen MR) is 67.3 cm³/mol. The molecule has 0 saturated heterocycles. The van der Waals surface area contributed by atoms with Gasteiger partial charge in [-0.25, -0.2) is 0 Å². The van der Waals surface area contributed by atoms with E-state index in [1.54, 1.807) is 7.11 Å². The van der Waals surface area contributed by atoms with E-state index < -0.39 is 0 Å². The number of halogens is 1. The first-order chi connectivity index (χ1) is 7.78. The Morgan fingerprint density at radius 1 is 0.875 bits per heavy atom. The molecule has 0 fully saturated rings. The molecule has 2 rings (SSSR count). The van der Waals surface area contributed by atoms with Gasteiger partial charge in [-0.05, 0) is 41.8 Å². The van der Waals surface area contributed by atoms with Crippen molar-refractivity contribution in [2.75, 3.05) is 7.11 Å². The summed E-state index contributed by atoms with van der Waals surface area (Å²) in [6.45, 7) is 0. The van der Waals surface area contributed by atoms with E-state index >= 15 is 0 Å². The van der Waals surface area contributed by atoms with E-state index in [1.165, 1.54) is 11.1 Å². The van der Waals surface area contributed by atoms with Gasteiger partial charge in [0.1, 0.15) is 5.75 Å². The molecule has 0 spiro atoms. The van der Waals surface area contributed by atoms with E-state index in [0.717, 1.165) is 17.2 Å².